The van der Waals surface area contributed by atoms with Crippen molar-refractivity contribution in [3.63, 3.8) is 0 Å². The molecule has 1 aliphatic rings. The molecule has 0 aliphatic carbocycles. The van der Waals surface area contributed by atoms with Gasteiger partial charge in [0.2, 0.25) is 5.91 Å². The number of aliphatic hydroxyl groups is 1. The molecular weight excluding hydrogens is 294 g/mol. The number of nitrogens with one attached hydrogen (secondary N) is 2. The van der Waals surface area contributed by atoms with Gasteiger partial charge in [0, 0.05) is 18.7 Å². The van der Waals surface area contributed by atoms with E-state index >= 15 is 0 Å². The quantitative estimate of drug-likeness (QED) is 0.786. The number of carbonyl (C=O) groups is 2. The molecule has 1 atom stereocenters. The van der Waals surface area contributed by atoms with Crippen LogP contribution in [0.25, 0.3) is 0 Å². The zero-order valence-electron chi connectivity index (χ0n) is 14.1. The second-order valence-electron chi connectivity index (χ2n) is 6.81. The van der Waals surface area contributed by atoms with Crippen molar-refractivity contribution in [2.24, 2.45) is 0 Å². The lowest BCUT2D eigenvalue weighted by Gasteiger charge is -2.25. The van der Waals surface area contributed by atoms with Crippen molar-refractivity contribution in [2.75, 3.05) is 18.1 Å². The number of rotatable bonds is 4. The van der Waals surface area contributed by atoms with E-state index in [0.717, 1.165) is 11.3 Å². The zero-order valence-corrected chi connectivity index (χ0v) is 14.1. The number of nitrogens with zero attached hydrogens (tertiary/aromatic N) is 1. The third-order valence-electron chi connectivity index (χ3n) is 4.11. The molecule has 6 heteroatoms. The van der Waals surface area contributed by atoms with Crippen LogP contribution in [-0.2, 0) is 4.79 Å². The molecule has 1 fully saturated rings. The monoisotopic (exact) mass is 319 g/mol. The molecule has 1 aromatic rings. The standard InChI is InChI=1S/C17H25N3O3/c1-11-5-6-14(7-12(11)2)20-9-13(8-15(20)22)18-16(23)19-17(3,4)10-21/h5-7,13,21H,8-10H2,1-4H3,(H2,18,19,23)/t13-/m1/s1. The molecule has 126 valence electrons. The van der Waals surface area contributed by atoms with Crippen molar-refractivity contribution >= 4 is 17.6 Å². The average molecular weight is 319 g/mol. The van der Waals surface area contributed by atoms with E-state index in [4.69, 9.17) is 0 Å². The molecule has 1 saturated heterocycles. The topological polar surface area (TPSA) is 81.7 Å². The minimum Gasteiger partial charge on any atom is -0.394 e. The van der Waals surface area contributed by atoms with Crippen LogP contribution in [0.4, 0.5) is 10.5 Å². The van der Waals surface area contributed by atoms with Crippen molar-refractivity contribution in [3.05, 3.63) is 29.3 Å². The first-order valence-electron chi connectivity index (χ1n) is 7.79. The van der Waals surface area contributed by atoms with Gasteiger partial charge in [-0.2, -0.15) is 0 Å². The molecule has 0 bridgehead atoms. The van der Waals surface area contributed by atoms with Gasteiger partial charge in [-0.3, -0.25) is 4.79 Å². The highest BCUT2D eigenvalue weighted by Gasteiger charge is 2.32. The highest BCUT2D eigenvalue weighted by atomic mass is 16.3. The first-order valence-corrected chi connectivity index (χ1v) is 7.79. The summed E-state index contributed by atoms with van der Waals surface area (Å²) in [6, 6.07) is 5.31. The second kappa shape index (κ2) is 6.58. The highest BCUT2D eigenvalue weighted by molar-refractivity contribution is 5.97. The van der Waals surface area contributed by atoms with Crippen LogP contribution >= 0.6 is 0 Å². The fourth-order valence-corrected chi connectivity index (χ4v) is 2.52. The maximum absolute atomic E-state index is 12.2. The summed E-state index contributed by atoms with van der Waals surface area (Å²) < 4.78 is 0. The molecular formula is C17H25N3O3. The molecule has 3 amide bonds. The molecule has 1 aromatic carbocycles. The van der Waals surface area contributed by atoms with E-state index in [0.29, 0.717) is 6.54 Å². The van der Waals surface area contributed by atoms with Crippen LogP contribution in [0.15, 0.2) is 18.2 Å². The molecule has 0 aromatic heterocycles. The molecule has 1 aliphatic heterocycles. The molecule has 0 unspecified atom stereocenters. The maximum Gasteiger partial charge on any atom is 0.315 e. The van der Waals surface area contributed by atoms with Crippen molar-refractivity contribution < 1.29 is 14.7 Å². The Labute approximate surface area is 136 Å². The van der Waals surface area contributed by atoms with Crippen LogP contribution in [0.2, 0.25) is 0 Å². The Balaban J connectivity index is 1.99. The summed E-state index contributed by atoms with van der Waals surface area (Å²) in [6.07, 6.45) is 0.278. The molecule has 23 heavy (non-hydrogen) atoms. The van der Waals surface area contributed by atoms with Gasteiger partial charge in [0.15, 0.2) is 0 Å². The Morgan fingerprint density at radius 2 is 2.04 bits per heavy atom. The number of urea groups is 1. The van der Waals surface area contributed by atoms with Gasteiger partial charge in [-0.25, -0.2) is 4.79 Å². The minimum absolute atomic E-state index is 0.0000264. The molecule has 0 saturated carbocycles. The summed E-state index contributed by atoms with van der Waals surface area (Å²) in [5.41, 5.74) is 2.48. The Hall–Kier alpha value is -2.08. The predicted octanol–water partition coefficient (Wildman–Crippen LogP) is 1.48. The second-order valence-corrected chi connectivity index (χ2v) is 6.81. The van der Waals surface area contributed by atoms with Gasteiger partial charge in [0.25, 0.3) is 0 Å². The number of aryl methyl sites for hydroxylation is 2. The molecule has 3 N–H and O–H groups in total. The average Bonchev–Trinajstić information content (AvgIpc) is 2.81. The summed E-state index contributed by atoms with van der Waals surface area (Å²) in [5.74, 6) is -0.0000264. The van der Waals surface area contributed by atoms with E-state index < -0.39 is 5.54 Å². The van der Waals surface area contributed by atoms with E-state index in [-0.39, 0.29) is 31.0 Å². The fraction of sp³-hybridized carbons (Fsp3) is 0.529. The molecule has 0 spiro atoms. The lowest BCUT2D eigenvalue weighted by molar-refractivity contribution is -0.117. The van der Waals surface area contributed by atoms with Crippen molar-refractivity contribution in [1.29, 1.82) is 0 Å². The van der Waals surface area contributed by atoms with Crippen molar-refractivity contribution in [1.82, 2.24) is 10.6 Å². The lowest BCUT2D eigenvalue weighted by atomic mass is 10.1. The number of amides is 3. The number of benzene rings is 1. The SMILES string of the molecule is Cc1ccc(N2C[C@H](NC(=O)NC(C)(C)CO)CC2=O)cc1C. The van der Waals surface area contributed by atoms with E-state index in [9.17, 15) is 14.7 Å². The third-order valence-corrected chi connectivity index (χ3v) is 4.11. The van der Waals surface area contributed by atoms with Crippen LogP contribution < -0.4 is 15.5 Å². The Morgan fingerprint density at radius 3 is 2.65 bits per heavy atom. The minimum atomic E-state index is -0.694. The van der Waals surface area contributed by atoms with Crippen LogP contribution in [0.5, 0.6) is 0 Å². The van der Waals surface area contributed by atoms with Gasteiger partial charge in [-0.1, -0.05) is 6.07 Å². The first-order chi connectivity index (χ1) is 10.7. The number of carbonyl (C=O) groups excluding carboxylic acids is 2. The van der Waals surface area contributed by atoms with Crippen LogP contribution in [0.1, 0.15) is 31.4 Å². The van der Waals surface area contributed by atoms with Crippen molar-refractivity contribution in [3.8, 4) is 0 Å². The molecule has 1 heterocycles. The fourth-order valence-electron chi connectivity index (χ4n) is 2.52. The van der Waals surface area contributed by atoms with E-state index in [1.165, 1.54) is 5.56 Å². The number of anilines is 1. The number of aliphatic hydroxyl groups excluding tert-OH is 1. The summed E-state index contributed by atoms with van der Waals surface area (Å²) in [7, 11) is 0. The van der Waals surface area contributed by atoms with Gasteiger partial charge < -0.3 is 20.6 Å². The van der Waals surface area contributed by atoms with Gasteiger partial charge >= 0.3 is 6.03 Å². The maximum atomic E-state index is 12.2. The predicted molar refractivity (Wildman–Crippen MR) is 89.5 cm³/mol. The summed E-state index contributed by atoms with van der Waals surface area (Å²) >= 11 is 0. The van der Waals surface area contributed by atoms with Crippen molar-refractivity contribution in [2.45, 2.75) is 45.7 Å². The molecule has 6 nitrogen and oxygen atoms in total. The van der Waals surface area contributed by atoms with Gasteiger partial charge in [0.05, 0.1) is 18.2 Å². The van der Waals surface area contributed by atoms with Gasteiger partial charge in [-0.05, 0) is 51.0 Å². The molecule has 0 radical (unpaired) electrons. The van der Waals surface area contributed by atoms with E-state index in [2.05, 4.69) is 10.6 Å². The summed E-state index contributed by atoms with van der Waals surface area (Å²) in [5, 5.41) is 14.7. The Bertz CT molecular complexity index is 613. The highest BCUT2D eigenvalue weighted by Crippen LogP contribution is 2.24. The van der Waals surface area contributed by atoms with E-state index in [1.807, 2.05) is 32.0 Å². The van der Waals surface area contributed by atoms with E-state index in [1.54, 1.807) is 18.7 Å². The molecule has 2 rings (SSSR count). The zero-order chi connectivity index (χ0) is 17.2. The van der Waals surface area contributed by atoms with Gasteiger partial charge in [-0.15, -0.1) is 0 Å². The number of hydrogen-bond acceptors (Lipinski definition) is 3. The first kappa shape index (κ1) is 17.3. The normalized spacial score (nSPS) is 18.2. The Kier molecular flexibility index (Phi) is 4.94. The largest absolute Gasteiger partial charge is 0.394 e. The van der Waals surface area contributed by atoms with Crippen LogP contribution in [0.3, 0.4) is 0 Å². The summed E-state index contributed by atoms with van der Waals surface area (Å²) in [4.78, 5) is 25.9. The number of hydrogen-bond donors (Lipinski definition) is 3. The van der Waals surface area contributed by atoms with Crippen LogP contribution in [-0.4, -0.2) is 41.8 Å². The van der Waals surface area contributed by atoms with Crippen LogP contribution in [0, 0.1) is 13.8 Å². The third kappa shape index (κ3) is 4.22. The van der Waals surface area contributed by atoms with Gasteiger partial charge in [0.1, 0.15) is 0 Å². The smallest absolute Gasteiger partial charge is 0.315 e. The lowest BCUT2D eigenvalue weighted by Crippen LogP contribution is -2.53. The summed E-state index contributed by atoms with van der Waals surface area (Å²) in [6.45, 7) is 7.80. The Morgan fingerprint density at radius 1 is 1.35 bits per heavy atom.